The van der Waals surface area contributed by atoms with Crippen molar-refractivity contribution in [3.8, 4) is 0 Å². The maximum Gasteiger partial charge on any atom is 0.329 e. The molecule has 1 amide bonds. The molecule has 0 saturated carbocycles. The zero-order valence-corrected chi connectivity index (χ0v) is 15.9. The molecule has 0 bridgehead atoms. The Morgan fingerprint density at radius 2 is 1.67 bits per heavy atom. The number of para-hydroxylation sites is 2. The average Bonchev–Trinajstić information content (AvgIpc) is 2.96. The highest BCUT2D eigenvalue weighted by atomic mass is 19.1. The van der Waals surface area contributed by atoms with Crippen LogP contribution in [-0.4, -0.2) is 27.0 Å². The van der Waals surface area contributed by atoms with Gasteiger partial charge in [0.15, 0.2) is 0 Å². The molecule has 1 heterocycles. The molecule has 1 aromatic heterocycles. The van der Waals surface area contributed by atoms with Gasteiger partial charge in [0.1, 0.15) is 5.82 Å². The molecular formula is C21H24FN3O2. The molecule has 6 heteroatoms. The summed E-state index contributed by atoms with van der Waals surface area (Å²) in [5.74, 6) is -0.362. The molecular weight excluding hydrogens is 345 g/mol. The molecule has 0 aliphatic rings. The number of halogens is 1. The summed E-state index contributed by atoms with van der Waals surface area (Å²) in [7, 11) is 1.73. The molecule has 1 unspecified atom stereocenters. The van der Waals surface area contributed by atoms with Crippen LogP contribution in [-0.2, 0) is 17.9 Å². The number of amides is 1. The second kappa shape index (κ2) is 7.78. The van der Waals surface area contributed by atoms with Crippen molar-refractivity contribution in [3.63, 3.8) is 0 Å². The zero-order chi connectivity index (χ0) is 19.6. The van der Waals surface area contributed by atoms with Gasteiger partial charge in [-0.3, -0.25) is 13.9 Å². The molecule has 0 aliphatic carbocycles. The summed E-state index contributed by atoms with van der Waals surface area (Å²) in [4.78, 5) is 26.9. The van der Waals surface area contributed by atoms with Gasteiger partial charge in [0, 0.05) is 26.6 Å². The number of rotatable bonds is 6. The van der Waals surface area contributed by atoms with Gasteiger partial charge in [-0.1, -0.05) is 24.3 Å². The van der Waals surface area contributed by atoms with Gasteiger partial charge in [-0.05, 0) is 43.7 Å². The molecule has 0 saturated heterocycles. The van der Waals surface area contributed by atoms with Crippen LogP contribution in [0.2, 0.25) is 0 Å². The van der Waals surface area contributed by atoms with E-state index in [1.165, 1.54) is 12.1 Å². The first-order chi connectivity index (χ1) is 12.9. The number of hydrogen-bond donors (Lipinski definition) is 0. The van der Waals surface area contributed by atoms with E-state index < -0.39 is 0 Å². The highest BCUT2D eigenvalue weighted by Crippen LogP contribution is 2.20. The molecule has 3 aromatic rings. The molecule has 27 heavy (non-hydrogen) atoms. The van der Waals surface area contributed by atoms with Gasteiger partial charge in [-0.2, -0.15) is 0 Å². The lowest BCUT2D eigenvalue weighted by atomic mass is 10.1. The Balaban J connectivity index is 1.76. The van der Waals surface area contributed by atoms with Crippen molar-refractivity contribution < 1.29 is 9.18 Å². The first kappa shape index (κ1) is 18.9. The van der Waals surface area contributed by atoms with Crippen molar-refractivity contribution in [2.75, 3.05) is 7.05 Å². The molecule has 0 spiro atoms. The van der Waals surface area contributed by atoms with Gasteiger partial charge in [0.05, 0.1) is 17.1 Å². The quantitative estimate of drug-likeness (QED) is 0.667. The maximum absolute atomic E-state index is 13.1. The van der Waals surface area contributed by atoms with E-state index in [2.05, 4.69) is 0 Å². The number of fused-ring (bicyclic) bond motifs is 1. The van der Waals surface area contributed by atoms with E-state index in [4.69, 9.17) is 0 Å². The van der Waals surface area contributed by atoms with Crippen molar-refractivity contribution in [2.24, 2.45) is 0 Å². The van der Waals surface area contributed by atoms with Crippen LogP contribution in [0.15, 0.2) is 53.3 Å². The number of benzene rings is 2. The first-order valence-electron chi connectivity index (χ1n) is 9.13. The summed E-state index contributed by atoms with van der Waals surface area (Å²) >= 11 is 0. The van der Waals surface area contributed by atoms with Crippen LogP contribution in [0, 0.1) is 5.82 Å². The Morgan fingerprint density at radius 1 is 1.07 bits per heavy atom. The SMILES string of the molecule is CCn1c(=O)n(CCC(=O)N(C)C(C)c2ccc(F)cc2)c2ccccc21. The number of imidazole rings is 1. The van der Waals surface area contributed by atoms with Gasteiger partial charge >= 0.3 is 5.69 Å². The molecule has 0 fully saturated rings. The number of aromatic nitrogens is 2. The van der Waals surface area contributed by atoms with Crippen LogP contribution >= 0.6 is 0 Å². The van der Waals surface area contributed by atoms with Crippen LogP contribution in [0.5, 0.6) is 0 Å². The van der Waals surface area contributed by atoms with Crippen LogP contribution in [0.4, 0.5) is 4.39 Å². The van der Waals surface area contributed by atoms with Crippen LogP contribution in [0.3, 0.4) is 0 Å². The normalized spacial score (nSPS) is 12.3. The van der Waals surface area contributed by atoms with Crippen molar-refractivity contribution in [1.29, 1.82) is 0 Å². The van der Waals surface area contributed by atoms with E-state index in [0.717, 1.165) is 16.6 Å². The standard InChI is InChI=1S/C21H24FN3O2/c1-4-24-18-7-5-6-8-19(18)25(21(24)27)14-13-20(26)23(3)15(2)16-9-11-17(22)12-10-16/h5-12,15H,4,13-14H2,1-3H3. The minimum absolute atomic E-state index is 0.0629. The predicted molar refractivity (Wildman–Crippen MR) is 104 cm³/mol. The number of carbonyl (C=O) groups excluding carboxylic acids is 1. The number of nitrogens with zero attached hydrogens (tertiary/aromatic N) is 3. The Labute approximate surface area is 157 Å². The number of hydrogen-bond acceptors (Lipinski definition) is 2. The third-order valence-corrected chi connectivity index (χ3v) is 5.12. The van der Waals surface area contributed by atoms with Gasteiger partial charge in [-0.15, -0.1) is 0 Å². The fourth-order valence-electron chi connectivity index (χ4n) is 3.36. The van der Waals surface area contributed by atoms with Gasteiger partial charge < -0.3 is 4.90 Å². The van der Waals surface area contributed by atoms with E-state index in [0.29, 0.717) is 13.1 Å². The lowest BCUT2D eigenvalue weighted by Crippen LogP contribution is -2.32. The summed E-state index contributed by atoms with van der Waals surface area (Å²) in [6.45, 7) is 4.75. The lowest BCUT2D eigenvalue weighted by Gasteiger charge is -2.25. The third-order valence-electron chi connectivity index (χ3n) is 5.12. The molecule has 3 rings (SSSR count). The Hall–Kier alpha value is -2.89. The average molecular weight is 369 g/mol. The second-order valence-corrected chi connectivity index (χ2v) is 6.65. The predicted octanol–water partition coefficient (Wildman–Crippen LogP) is 3.57. The molecule has 5 nitrogen and oxygen atoms in total. The Morgan fingerprint density at radius 3 is 2.26 bits per heavy atom. The van der Waals surface area contributed by atoms with E-state index in [1.54, 1.807) is 33.2 Å². The van der Waals surface area contributed by atoms with Crippen molar-refractivity contribution in [1.82, 2.24) is 14.0 Å². The topological polar surface area (TPSA) is 47.2 Å². The Kier molecular flexibility index (Phi) is 5.44. The molecule has 0 radical (unpaired) electrons. The fourth-order valence-corrected chi connectivity index (χ4v) is 3.36. The van der Waals surface area contributed by atoms with Gasteiger partial charge in [-0.25, -0.2) is 9.18 Å². The third kappa shape index (κ3) is 3.65. The summed E-state index contributed by atoms with van der Waals surface area (Å²) in [6.07, 6.45) is 0.222. The van der Waals surface area contributed by atoms with Crippen LogP contribution in [0.1, 0.15) is 31.9 Å². The molecule has 2 aromatic carbocycles. The zero-order valence-electron chi connectivity index (χ0n) is 15.9. The molecule has 142 valence electrons. The molecule has 0 N–H and O–H groups in total. The highest BCUT2D eigenvalue weighted by molar-refractivity contribution is 5.78. The minimum Gasteiger partial charge on any atom is -0.339 e. The first-order valence-corrected chi connectivity index (χ1v) is 9.13. The lowest BCUT2D eigenvalue weighted by molar-refractivity contribution is -0.132. The number of carbonyl (C=O) groups is 1. The van der Waals surface area contributed by atoms with E-state index in [9.17, 15) is 14.0 Å². The second-order valence-electron chi connectivity index (χ2n) is 6.65. The van der Waals surface area contributed by atoms with Crippen LogP contribution < -0.4 is 5.69 Å². The maximum atomic E-state index is 13.1. The minimum atomic E-state index is -0.299. The van der Waals surface area contributed by atoms with E-state index >= 15 is 0 Å². The molecule has 0 aliphatic heterocycles. The van der Waals surface area contributed by atoms with E-state index in [1.807, 2.05) is 38.1 Å². The summed E-state index contributed by atoms with van der Waals surface area (Å²) in [5, 5.41) is 0. The molecule has 1 atom stereocenters. The smallest absolute Gasteiger partial charge is 0.329 e. The summed E-state index contributed by atoms with van der Waals surface area (Å²) in [6, 6.07) is 13.6. The van der Waals surface area contributed by atoms with Crippen LogP contribution in [0.25, 0.3) is 11.0 Å². The van der Waals surface area contributed by atoms with Gasteiger partial charge in [0.2, 0.25) is 5.91 Å². The fraction of sp³-hybridized carbons (Fsp3) is 0.333. The summed E-state index contributed by atoms with van der Waals surface area (Å²) < 4.78 is 16.5. The highest BCUT2D eigenvalue weighted by Gasteiger charge is 2.19. The van der Waals surface area contributed by atoms with Crippen molar-refractivity contribution in [3.05, 3.63) is 70.4 Å². The van der Waals surface area contributed by atoms with Crippen molar-refractivity contribution >= 4 is 16.9 Å². The largest absolute Gasteiger partial charge is 0.339 e. The van der Waals surface area contributed by atoms with Gasteiger partial charge in [0.25, 0.3) is 0 Å². The van der Waals surface area contributed by atoms with E-state index in [-0.39, 0.29) is 29.9 Å². The van der Waals surface area contributed by atoms with Crippen molar-refractivity contribution in [2.45, 2.75) is 39.4 Å². The monoisotopic (exact) mass is 369 g/mol. The number of aryl methyl sites for hydroxylation is 2. The Bertz CT molecular complexity index is 1000. The summed E-state index contributed by atoms with van der Waals surface area (Å²) in [5.41, 5.74) is 2.49.